The first-order valence-electron chi connectivity index (χ1n) is 4.39. The van der Waals surface area contributed by atoms with Crippen LogP contribution in [0.15, 0.2) is 42.6 Å². The molecule has 2 rings (SSSR count). The summed E-state index contributed by atoms with van der Waals surface area (Å²) in [5.74, 6) is 0.0787. The molecule has 0 bridgehead atoms. The summed E-state index contributed by atoms with van der Waals surface area (Å²) in [7, 11) is 0. The summed E-state index contributed by atoms with van der Waals surface area (Å²) >= 11 is 0. The zero-order chi connectivity index (χ0) is 10.7. The maximum Gasteiger partial charge on any atom is 0.270 e. The Morgan fingerprint density at radius 3 is 2.47 bits per heavy atom. The summed E-state index contributed by atoms with van der Waals surface area (Å²) in [6, 6.07) is 9.62. The first kappa shape index (κ1) is 9.35. The lowest BCUT2D eigenvalue weighted by Gasteiger charge is -2.00. The first-order chi connectivity index (χ1) is 7.29. The van der Waals surface area contributed by atoms with E-state index in [0.29, 0.717) is 5.82 Å². The van der Waals surface area contributed by atoms with Crippen LogP contribution in [-0.2, 0) is 0 Å². The molecule has 72 valence electrons. The average molecular weight is 198 g/mol. The van der Waals surface area contributed by atoms with Gasteiger partial charge >= 0.3 is 0 Å². The molecule has 1 heterocycles. The highest BCUT2D eigenvalue weighted by Gasteiger charge is 2.00. The minimum atomic E-state index is -0.266. The zero-order valence-electron chi connectivity index (χ0n) is 7.81. The van der Waals surface area contributed by atoms with E-state index < -0.39 is 0 Å². The second kappa shape index (κ2) is 3.89. The molecule has 0 spiro atoms. The van der Waals surface area contributed by atoms with Gasteiger partial charge in [0, 0.05) is 0 Å². The standard InChI is InChI=1S/C12H7FN2/c1-14-12-8-10(6-7-15-12)9-2-4-11(13)5-3-9/h2-8H. The van der Waals surface area contributed by atoms with Crippen molar-refractivity contribution < 1.29 is 4.39 Å². The molecular formula is C12H7FN2. The minimum Gasteiger partial charge on any atom is -0.361 e. The zero-order valence-corrected chi connectivity index (χ0v) is 7.81. The van der Waals surface area contributed by atoms with Crippen molar-refractivity contribution in [3.8, 4) is 11.1 Å². The number of benzene rings is 1. The molecule has 0 aliphatic carbocycles. The number of nitrogens with zero attached hydrogens (tertiary/aromatic N) is 2. The van der Waals surface area contributed by atoms with Crippen LogP contribution in [-0.4, -0.2) is 4.98 Å². The van der Waals surface area contributed by atoms with Gasteiger partial charge in [-0.2, -0.15) is 0 Å². The normalized spacial score (nSPS) is 9.60. The van der Waals surface area contributed by atoms with Crippen molar-refractivity contribution in [2.75, 3.05) is 0 Å². The van der Waals surface area contributed by atoms with Crippen LogP contribution < -0.4 is 0 Å². The molecule has 0 fully saturated rings. The van der Waals surface area contributed by atoms with Gasteiger partial charge in [0.2, 0.25) is 0 Å². The Labute approximate surface area is 86.8 Å². The van der Waals surface area contributed by atoms with Crippen LogP contribution in [0.25, 0.3) is 16.0 Å². The van der Waals surface area contributed by atoms with E-state index in [1.807, 2.05) is 0 Å². The lowest BCUT2D eigenvalue weighted by atomic mass is 10.1. The number of halogens is 1. The van der Waals surface area contributed by atoms with Crippen molar-refractivity contribution in [2.24, 2.45) is 0 Å². The molecule has 0 saturated heterocycles. The summed E-state index contributed by atoms with van der Waals surface area (Å²) < 4.78 is 12.7. The summed E-state index contributed by atoms with van der Waals surface area (Å²) in [6.07, 6.45) is 1.58. The Balaban J connectivity index is 2.46. The van der Waals surface area contributed by atoms with Gasteiger partial charge in [0.15, 0.2) is 0 Å². The van der Waals surface area contributed by atoms with Crippen molar-refractivity contribution in [1.29, 1.82) is 0 Å². The van der Waals surface area contributed by atoms with E-state index in [1.54, 1.807) is 30.5 Å². The molecule has 0 aliphatic heterocycles. The van der Waals surface area contributed by atoms with Crippen molar-refractivity contribution in [2.45, 2.75) is 0 Å². The topological polar surface area (TPSA) is 17.2 Å². The van der Waals surface area contributed by atoms with E-state index in [0.717, 1.165) is 11.1 Å². The Morgan fingerprint density at radius 1 is 1.07 bits per heavy atom. The van der Waals surface area contributed by atoms with Crippen LogP contribution in [0.1, 0.15) is 0 Å². The number of aromatic nitrogens is 1. The Bertz CT molecular complexity index is 512. The fraction of sp³-hybridized carbons (Fsp3) is 0. The fourth-order valence-corrected chi connectivity index (χ4v) is 1.30. The van der Waals surface area contributed by atoms with E-state index in [2.05, 4.69) is 9.83 Å². The van der Waals surface area contributed by atoms with Crippen LogP contribution in [0, 0.1) is 12.4 Å². The smallest absolute Gasteiger partial charge is 0.270 e. The number of hydrogen-bond acceptors (Lipinski definition) is 1. The van der Waals surface area contributed by atoms with Crippen LogP contribution in [0.2, 0.25) is 0 Å². The quantitative estimate of drug-likeness (QED) is 0.641. The molecule has 0 unspecified atom stereocenters. The molecular weight excluding hydrogens is 191 g/mol. The highest BCUT2D eigenvalue weighted by Crippen LogP contribution is 2.22. The van der Waals surface area contributed by atoms with Crippen LogP contribution in [0.4, 0.5) is 10.2 Å². The fourth-order valence-electron chi connectivity index (χ4n) is 1.30. The van der Waals surface area contributed by atoms with Gasteiger partial charge in [-0.05, 0) is 35.4 Å². The number of hydrogen-bond donors (Lipinski definition) is 0. The molecule has 0 amide bonds. The van der Waals surface area contributed by atoms with E-state index in [4.69, 9.17) is 6.57 Å². The molecule has 1 aromatic carbocycles. The summed E-state index contributed by atoms with van der Waals surface area (Å²) in [5, 5.41) is 0. The van der Waals surface area contributed by atoms with E-state index in [1.165, 1.54) is 12.1 Å². The monoisotopic (exact) mass is 198 g/mol. The van der Waals surface area contributed by atoms with Crippen LogP contribution in [0.3, 0.4) is 0 Å². The lowest BCUT2D eigenvalue weighted by Crippen LogP contribution is -1.79. The Morgan fingerprint density at radius 2 is 1.80 bits per heavy atom. The van der Waals surface area contributed by atoms with Crippen molar-refractivity contribution in [3.05, 3.63) is 59.8 Å². The molecule has 0 saturated carbocycles. The van der Waals surface area contributed by atoms with Crippen LogP contribution in [0.5, 0.6) is 0 Å². The lowest BCUT2D eigenvalue weighted by molar-refractivity contribution is 0.628. The average Bonchev–Trinajstić information content (AvgIpc) is 2.30. The highest BCUT2D eigenvalue weighted by atomic mass is 19.1. The third-order valence-electron chi connectivity index (χ3n) is 2.04. The Hall–Kier alpha value is -2.21. The second-order valence-electron chi connectivity index (χ2n) is 3.02. The third-order valence-corrected chi connectivity index (χ3v) is 2.04. The molecule has 15 heavy (non-hydrogen) atoms. The minimum absolute atomic E-state index is 0.266. The SMILES string of the molecule is [C-]#[N+]c1cc(-c2ccc(F)cc2)ccn1. The van der Waals surface area contributed by atoms with E-state index in [-0.39, 0.29) is 5.82 Å². The molecule has 2 aromatic rings. The number of rotatable bonds is 1. The molecule has 1 aromatic heterocycles. The molecule has 0 N–H and O–H groups in total. The van der Waals surface area contributed by atoms with E-state index >= 15 is 0 Å². The van der Waals surface area contributed by atoms with Crippen molar-refractivity contribution >= 4 is 5.82 Å². The van der Waals surface area contributed by atoms with E-state index in [9.17, 15) is 4.39 Å². The predicted octanol–water partition coefficient (Wildman–Crippen LogP) is 3.44. The molecule has 3 heteroatoms. The Kier molecular flexibility index (Phi) is 2.42. The van der Waals surface area contributed by atoms with Gasteiger partial charge in [0.25, 0.3) is 5.82 Å². The molecule has 0 aliphatic rings. The maximum atomic E-state index is 12.7. The van der Waals surface area contributed by atoms with Gasteiger partial charge in [0.05, 0.1) is 0 Å². The maximum absolute atomic E-state index is 12.7. The van der Waals surface area contributed by atoms with Gasteiger partial charge < -0.3 is 4.85 Å². The molecule has 2 nitrogen and oxygen atoms in total. The van der Waals surface area contributed by atoms with Gasteiger partial charge in [-0.25, -0.2) is 4.39 Å². The summed E-state index contributed by atoms with van der Waals surface area (Å²) in [6.45, 7) is 6.84. The van der Waals surface area contributed by atoms with Crippen LogP contribution >= 0.6 is 0 Å². The van der Waals surface area contributed by atoms with Gasteiger partial charge in [0.1, 0.15) is 12.0 Å². The molecule has 0 radical (unpaired) electrons. The van der Waals surface area contributed by atoms with Crippen molar-refractivity contribution in [1.82, 2.24) is 4.98 Å². The molecule has 0 atom stereocenters. The highest BCUT2D eigenvalue weighted by molar-refractivity contribution is 5.66. The second-order valence-corrected chi connectivity index (χ2v) is 3.02. The first-order valence-corrected chi connectivity index (χ1v) is 4.39. The summed E-state index contributed by atoms with van der Waals surface area (Å²) in [5.41, 5.74) is 1.75. The van der Waals surface area contributed by atoms with Gasteiger partial charge in [-0.1, -0.05) is 18.7 Å². The predicted molar refractivity (Wildman–Crippen MR) is 55.9 cm³/mol. The largest absolute Gasteiger partial charge is 0.361 e. The van der Waals surface area contributed by atoms with Crippen molar-refractivity contribution in [3.63, 3.8) is 0 Å². The van der Waals surface area contributed by atoms with Gasteiger partial charge in [-0.3, -0.25) is 0 Å². The van der Waals surface area contributed by atoms with Gasteiger partial charge in [-0.15, -0.1) is 4.98 Å². The number of pyridine rings is 1. The third kappa shape index (κ3) is 2.00. The summed E-state index contributed by atoms with van der Waals surface area (Å²) in [4.78, 5) is 7.11.